The van der Waals surface area contributed by atoms with E-state index in [4.69, 9.17) is 0 Å². The quantitative estimate of drug-likeness (QED) is 0.413. The molecule has 0 amide bonds. The first-order valence-electron chi connectivity index (χ1n) is 3.47. The molecule has 0 unspecified atom stereocenters. The molecule has 1 aliphatic heterocycles. The van der Waals surface area contributed by atoms with Gasteiger partial charge in [-0.1, -0.05) is 6.92 Å². The van der Waals surface area contributed by atoms with Gasteiger partial charge in [0.2, 0.25) is 0 Å². The molecule has 0 atom stereocenters. The number of rotatable bonds is 0. The Hall–Kier alpha value is 2.06. The van der Waals surface area contributed by atoms with Crippen LogP contribution in [0, 0.1) is 68.1 Å². The molecule has 0 radical (unpaired) electrons. The summed E-state index contributed by atoms with van der Waals surface area (Å²) in [6, 6.07) is 0. The first-order valence-corrected chi connectivity index (χ1v) is 3.47. The second-order valence-corrected chi connectivity index (χ2v) is 2.99. The maximum absolute atomic E-state index is 2.40. The first kappa shape index (κ1) is 14.6. The summed E-state index contributed by atoms with van der Waals surface area (Å²) < 4.78 is 0. The Morgan fingerprint density at radius 3 is 1.80 bits per heavy atom. The van der Waals surface area contributed by atoms with Crippen molar-refractivity contribution >= 4 is 0 Å². The van der Waals surface area contributed by atoms with E-state index in [2.05, 4.69) is 18.9 Å². The van der Waals surface area contributed by atoms with Crippen LogP contribution in [0.15, 0.2) is 0 Å². The Morgan fingerprint density at radius 2 is 1.50 bits per heavy atom. The van der Waals surface area contributed by atoms with E-state index >= 15 is 0 Å². The third-order valence-electron chi connectivity index (χ3n) is 2.01. The molecule has 3 heteroatoms. The molecule has 0 aromatic heterocycles. The summed E-state index contributed by atoms with van der Waals surface area (Å²) in [5.41, 5.74) is 0. The Bertz CT molecular complexity index is 60.0. The van der Waals surface area contributed by atoms with Crippen LogP contribution in [0.2, 0.25) is 0 Å². The zero-order valence-corrected chi connectivity index (χ0v) is 15.2. The number of nitrogens with zero attached hydrogens (tertiary/aromatic N) is 1. The molecule has 10 heavy (non-hydrogen) atoms. The van der Waals surface area contributed by atoms with Crippen molar-refractivity contribution in [3.63, 3.8) is 0 Å². The fraction of sp³-hybridized carbons (Fsp3) is 1.00. The van der Waals surface area contributed by atoms with E-state index in [-0.39, 0.29) is 62.2 Å². The Balaban J connectivity index is 0. The maximum Gasteiger partial charge on any atom is 0 e. The zero-order chi connectivity index (χ0) is 5.98. The molecule has 1 aliphatic rings. The second-order valence-electron chi connectivity index (χ2n) is 2.99. The summed E-state index contributed by atoms with van der Waals surface area (Å²) in [4.78, 5) is 2.40. The molecular weight excluding hydrogens is 574 g/mol. The van der Waals surface area contributed by atoms with Crippen molar-refractivity contribution in [2.45, 2.75) is 19.8 Å². The third-order valence-corrected chi connectivity index (χ3v) is 2.01. The molecule has 0 aromatic carbocycles. The molecule has 0 N–H and O–H groups in total. The van der Waals surface area contributed by atoms with Crippen molar-refractivity contribution < 1.29 is 62.2 Å². The summed E-state index contributed by atoms with van der Waals surface area (Å²) in [7, 11) is 2.20. The summed E-state index contributed by atoms with van der Waals surface area (Å²) in [6.45, 7) is 4.95. The van der Waals surface area contributed by atoms with Crippen LogP contribution >= 0.6 is 0 Å². The first-order chi connectivity index (χ1) is 3.79. The average Bonchev–Trinajstić information content (AvgIpc) is 1.77. The Kier molecular flexibility index (Phi) is 11.2. The van der Waals surface area contributed by atoms with E-state index in [9.17, 15) is 0 Å². The van der Waals surface area contributed by atoms with Crippen LogP contribution in [0.3, 0.4) is 0 Å². The van der Waals surface area contributed by atoms with Gasteiger partial charge in [-0.3, -0.25) is 0 Å². The van der Waals surface area contributed by atoms with E-state index in [0.717, 1.165) is 5.92 Å². The Morgan fingerprint density at radius 1 is 1.10 bits per heavy atom. The van der Waals surface area contributed by atoms with Crippen molar-refractivity contribution in [2.75, 3.05) is 20.1 Å². The average molecular weight is 589 g/mol. The number of hydrogen-bond donors (Lipinski definition) is 0. The molecule has 1 nitrogen and oxygen atoms in total. The third kappa shape index (κ3) is 5.68. The van der Waals surface area contributed by atoms with Crippen LogP contribution in [0.4, 0.5) is 0 Å². The number of piperidine rings is 1. The summed E-state index contributed by atoms with van der Waals surface area (Å²) in [6.07, 6.45) is 2.80. The summed E-state index contributed by atoms with van der Waals surface area (Å²) in [5.74, 6) is 0.978. The minimum absolute atomic E-state index is 0. The van der Waals surface area contributed by atoms with Gasteiger partial charge in [-0.2, -0.15) is 0 Å². The predicted molar refractivity (Wildman–Crippen MR) is 35.9 cm³/mol. The van der Waals surface area contributed by atoms with Gasteiger partial charge in [-0.15, -0.1) is 0 Å². The van der Waals surface area contributed by atoms with E-state index < -0.39 is 0 Å². The van der Waals surface area contributed by atoms with Gasteiger partial charge in [0.25, 0.3) is 0 Å². The second kappa shape index (κ2) is 7.70. The fourth-order valence-electron chi connectivity index (χ4n) is 1.14. The van der Waals surface area contributed by atoms with Crippen molar-refractivity contribution in [3.05, 3.63) is 0 Å². The smallest absolute Gasteiger partial charge is 0 e. The molecule has 1 fully saturated rings. The SMILES string of the molecule is CC1CCN(C)CC1.[U].[U]. The molecule has 0 aliphatic carbocycles. The van der Waals surface area contributed by atoms with Crippen LogP contribution in [0.1, 0.15) is 19.8 Å². The molecule has 1 rings (SSSR count). The standard InChI is InChI=1S/C7H15N.2U/c1-7-3-5-8(2)6-4-7;;/h7H,3-6H2,1-2H3;;. The predicted octanol–water partition coefficient (Wildman–Crippen LogP) is 1.35. The van der Waals surface area contributed by atoms with Crippen LogP contribution in [0.5, 0.6) is 0 Å². The van der Waals surface area contributed by atoms with Gasteiger partial charge in [0.1, 0.15) is 0 Å². The molecule has 0 saturated carbocycles. The molecule has 0 spiro atoms. The van der Waals surface area contributed by atoms with Crippen molar-refractivity contribution in [2.24, 2.45) is 5.92 Å². The van der Waals surface area contributed by atoms with E-state index in [1.54, 1.807) is 0 Å². The Labute approximate surface area is 111 Å². The molecule has 0 aromatic rings. The summed E-state index contributed by atoms with van der Waals surface area (Å²) >= 11 is 0. The van der Waals surface area contributed by atoms with Crippen LogP contribution < -0.4 is 0 Å². The molecule has 56 valence electrons. The van der Waals surface area contributed by atoms with Gasteiger partial charge in [-0.05, 0) is 38.9 Å². The number of hydrogen-bond acceptors (Lipinski definition) is 1. The normalized spacial score (nSPS) is 21.0. The van der Waals surface area contributed by atoms with Crippen LogP contribution in [0.25, 0.3) is 0 Å². The maximum atomic E-state index is 2.40. The van der Waals surface area contributed by atoms with Crippen molar-refractivity contribution in [1.29, 1.82) is 0 Å². The molecule has 0 bridgehead atoms. The van der Waals surface area contributed by atoms with Gasteiger partial charge in [0, 0.05) is 62.2 Å². The van der Waals surface area contributed by atoms with Crippen LogP contribution in [-0.2, 0) is 0 Å². The van der Waals surface area contributed by atoms with E-state index in [1.807, 2.05) is 0 Å². The summed E-state index contributed by atoms with van der Waals surface area (Å²) in [5, 5.41) is 0. The largest absolute Gasteiger partial charge is 0.306 e. The molecule has 1 saturated heterocycles. The van der Waals surface area contributed by atoms with Crippen LogP contribution in [-0.4, -0.2) is 25.0 Å². The monoisotopic (exact) mass is 589 g/mol. The number of likely N-dealkylation sites (tertiary alicyclic amines) is 1. The van der Waals surface area contributed by atoms with Crippen molar-refractivity contribution in [1.82, 2.24) is 4.90 Å². The fourth-order valence-corrected chi connectivity index (χ4v) is 1.14. The van der Waals surface area contributed by atoms with E-state index in [1.165, 1.54) is 25.9 Å². The van der Waals surface area contributed by atoms with Crippen molar-refractivity contribution in [3.8, 4) is 0 Å². The molecular formula is C7H15NU2. The molecule has 1 heterocycles. The van der Waals surface area contributed by atoms with Gasteiger partial charge < -0.3 is 4.90 Å². The van der Waals surface area contributed by atoms with Gasteiger partial charge in [0.15, 0.2) is 0 Å². The van der Waals surface area contributed by atoms with E-state index in [0.29, 0.717) is 0 Å². The van der Waals surface area contributed by atoms with Gasteiger partial charge in [0.05, 0.1) is 0 Å². The minimum atomic E-state index is 0. The zero-order valence-electron chi connectivity index (χ0n) is 6.85. The topological polar surface area (TPSA) is 3.24 Å². The van der Waals surface area contributed by atoms with Gasteiger partial charge in [-0.25, -0.2) is 0 Å². The van der Waals surface area contributed by atoms with Gasteiger partial charge >= 0.3 is 0 Å². The minimum Gasteiger partial charge on any atom is -0.306 e.